The Labute approximate surface area is 215 Å². The first-order valence-electron chi connectivity index (χ1n) is 13.3. The molecule has 0 unspecified atom stereocenters. The average Bonchev–Trinajstić information content (AvgIpc) is 2.90. The predicted molar refractivity (Wildman–Crippen MR) is 141 cm³/mol. The van der Waals surface area contributed by atoms with E-state index in [0.717, 1.165) is 57.1 Å². The molecule has 1 saturated carbocycles. The van der Waals surface area contributed by atoms with Gasteiger partial charge in [0, 0.05) is 38.2 Å². The number of nitrogens with two attached hydrogens (primary N) is 1. The second kappa shape index (κ2) is 19.9. The highest BCUT2D eigenvalue weighted by atomic mass is 16.7. The van der Waals surface area contributed by atoms with Gasteiger partial charge in [0.2, 0.25) is 5.91 Å². The number of aliphatic imine (C=N–C) groups is 1. The van der Waals surface area contributed by atoms with Gasteiger partial charge >= 0.3 is 0 Å². The van der Waals surface area contributed by atoms with E-state index in [9.17, 15) is 4.79 Å². The summed E-state index contributed by atoms with van der Waals surface area (Å²) in [5, 5.41) is 4.58. The van der Waals surface area contributed by atoms with Crippen molar-refractivity contribution < 1.29 is 23.8 Å². The van der Waals surface area contributed by atoms with Gasteiger partial charge in [-0.1, -0.05) is 32.1 Å². The first kappa shape index (κ1) is 30.0. The zero-order valence-electron chi connectivity index (χ0n) is 21.9. The second-order valence-electron chi connectivity index (χ2n) is 8.87. The van der Waals surface area contributed by atoms with E-state index >= 15 is 0 Å². The third kappa shape index (κ3) is 14.3. The molecular weight excluding hydrogens is 462 g/mol. The summed E-state index contributed by atoms with van der Waals surface area (Å²) in [5.74, 6) is 0.431. The molecule has 0 aliphatic heterocycles. The van der Waals surface area contributed by atoms with Crippen LogP contribution in [0.25, 0.3) is 0 Å². The number of rotatable bonds is 19. The number of aromatic nitrogens is 1. The van der Waals surface area contributed by atoms with Crippen LogP contribution in [0.5, 0.6) is 0 Å². The van der Waals surface area contributed by atoms with Crippen molar-refractivity contribution in [1.29, 1.82) is 0 Å². The molecule has 3 N–H and O–H groups in total. The van der Waals surface area contributed by atoms with Crippen LogP contribution < -0.4 is 11.1 Å². The molecule has 1 aromatic heterocycles. The molecule has 0 spiro atoms. The summed E-state index contributed by atoms with van der Waals surface area (Å²) < 4.78 is 16.0. The summed E-state index contributed by atoms with van der Waals surface area (Å²) in [5.41, 5.74) is 6.78. The van der Waals surface area contributed by atoms with Crippen molar-refractivity contribution in [3.05, 3.63) is 24.5 Å². The molecule has 0 saturated heterocycles. The summed E-state index contributed by atoms with van der Waals surface area (Å²) in [6, 6.07) is 3.68. The van der Waals surface area contributed by atoms with Crippen LogP contribution in [0, 0.1) is 0 Å². The van der Waals surface area contributed by atoms with Crippen molar-refractivity contribution in [1.82, 2.24) is 10.0 Å². The number of ether oxygens (including phenoxy) is 3. The van der Waals surface area contributed by atoms with Crippen LogP contribution in [-0.4, -0.2) is 81.3 Å². The number of hydrogen-bond acceptors (Lipinski definition) is 7. The van der Waals surface area contributed by atoms with Crippen LogP contribution >= 0.6 is 0 Å². The van der Waals surface area contributed by atoms with E-state index in [-0.39, 0.29) is 12.0 Å². The Hall–Kier alpha value is -2.27. The van der Waals surface area contributed by atoms with Crippen LogP contribution in [0.1, 0.15) is 64.2 Å². The molecule has 1 heterocycles. The van der Waals surface area contributed by atoms with Crippen LogP contribution in [0.15, 0.2) is 29.5 Å². The number of guanidine groups is 1. The van der Waals surface area contributed by atoms with E-state index in [4.69, 9.17) is 24.8 Å². The molecule has 1 aliphatic carbocycles. The minimum atomic E-state index is 0.0318. The van der Waals surface area contributed by atoms with Gasteiger partial charge in [0.15, 0.2) is 5.96 Å². The Bertz CT molecular complexity index is 716. The number of nitrogens with one attached hydrogen (secondary N) is 1. The lowest BCUT2D eigenvalue weighted by molar-refractivity contribution is -0.214. The van der Waals surface area contributed by atoms with Gasteiger partial charge < -0.3 is 25.3 Å². The lowest BCUT2D eigenvalue weighted by Crippen LogP contribution is -2.38. The molecule has 2 rings (SSSR count). The predicted octanol–water partition coefficient (Wildman–Crippen LogP) is 3.53. The SMILES string of the molecule is COCCOCCOCCN(OC1CCCCC1)C(=O)CCCCCCN=C(N)Nc1ccncc1. The molecule has 0 radical (unpaired) electrons. The summed E-state index contributed by atoms with van der Waals surface area (Å²) >= 11 is 0. The lowest BCUT2D eigenvalue weighted by Gasteiger charge is -2.29. The van der Waals surface area contributed by atoms with Gasteiger partial charge in [-0.2, -0.15) is 0 Å². The Morgan fingerprint density at radius 3 is 2.47 bits per heavy atom. The Morgan fingerprint density at radius 1 is 1.03 bits per heavy atom. The Morgan fingerprint density at radius 2 is 1.72 bits per heavy atom. The van der Waals surface area contributed by atoms with Gasteiger partial charge in [-0.25, -0.2) is 5.06 Å². The van der Waals surface area contributed by atoms with E-state index in [0.29, 0.717) is 58.5 Å². The molecule has 0 atom stereocenters. The van der Waals surface area contributed by atoms with E-state index in [2.05, 4.69) is 15.3 Å². The molecule has 0 aromatic carbocycles. The molecule has 0 bridgehead atoms. The summed E-state index contributed by atoms with van der Waals surface area (Å²) in [7, 11) is 1.65. The molecule has 1 amide bonds. The van der Waals surface area contributed by atoms with Gasteiger partial charge in [0.05, 0.1) is 45.7 Å². The normalized spacial score (nSPS) is 14.6. The minimum absolute atomic E-state index is 0.0318. The van der Waals surface area contributed by atoms with Crippen LogP contribution in [0.4, 0.5) is 5.69 Å². The first-order valence-corrected chi connectivity index (χ1v) is 13.3. The number of anilines is 1. The number of nitrogens with zero attached hydrogens (tertiary/aromatic N) is 3. The van der Waals surface area contributed by atoms with Crippen molar-refractivity contribution in [2.75, 3.05) is 58.6 Å². The van der Waals surface area contributed by atoms with Crippen LogP contribution in [0.3, 0.4) is 0 Å². The Kier molecular flexibility index (Phi) is 16.5. The molecule has 1 aliphatic rings. The van der Waals surface area contributed by atoms with Gasteiger partial charge in [0.1, 0.15) is 0 Å². The molecule has 10 heteroatoms. The van der Waals surface area contributed by atoms with Crippen molar-refractivity contribution in [2.45, 2.75) is 70.3 Å². The van der Waals surface area contributed by atoms with Gasteiger partial charge in [-0.05, 0) is 37.8 Å². The van der Waals surface area contributed by atoms with Crippen LogP contribution in [0.2, 0.25) is 0 Å². The molecule has 1 aromatic rings. The highest BCUT2D eigenvalue weighted by Crippen LogP contribution is 2.21. The average molecular weight is 508 g/mol. The van der Waals surface area contributed by atoms with Gasteiger partial charge in [-0.3, -0.25) is 19.6 Å². The topological polar surface area (TPSA) is 121 Å². The summed E-state index contributed by atoms with van der Waals surface area (Å²) in [4.78, 5) is 27.3. The van der Waals surface area contributed by atoms with E-state index < -0.39 is 0 Å². The highest BCUT2D eigenvalue weighted by molar-refractivity contribution is 5.92. The number of hydrogen-bond donors (Lipinski definition) is 2. The van der Waals surface area contributed by atoms with Crippen molar-refractivity contribution in [2.24, 2.45) is 10.7 Å². The number of amides is 1. The smallest absolute Gasteiger partial charge is 0.246 e. The largest absolute Gasteiger partial charge is 0.382 e. The second-order valence-corrected chi connectivity index (χ2v) is 8.87. The summed E-state index contributed by atoms with van der Waals surface area (Å²) in [6.07, 6.45) is 13.3. The van der Waals surface area contributed by atoms with Crippen molar-refractivity contribution in [3.63, 3.8) is 0 Å². The fourth-order valence-electron chi connectivity index (χ4n) is 3.89. The highest BCUT2D eigenvalue weighted by Gasteiger charge is 2.21. The van der Waals surface area contributed by atoms with E-state index in [1.54, 1.807) is 19.5 Å². The zero-order valence-corrected chi connectivity index (χ0v) is 21.9. The maximum atomic E-state index is 12.9. The maximum absolute atomic E-state index is 12.9. The number of pyridine rings is 1. The third-order valence-electron chi connectivity index (χ3n) is 5.88. The molecule has 36 heavy (non-hydrogen) atoms. The standard InChI is InChI=1S/C26H45N5O5/c1-33-19-20-35-22-21-34-18-17-31(36-24-9-5-4-6-10-24)25(32)11-7-2-3-8-14-29-26(27)30-23-12-15-28-16-13-23/h12-13,15-16,24H,2-11,14,17-22H2,1H3,(H3,27,28,29,30). The maximum Gasteiger partial charge on any atom is 0.246 e. The molecular formula is C26H45N5O5. The number of unbranched alkanes of at least 4 members (excludes halogenated alkanes) is 3. The van der Waals surface area contributed by atoms with E-state index in [1.807, 2.05) is 12.1 Å². The van der Waals surface area contributed by atoms with Crippen molar-refractivity contribution >= 4 is 17.6 Å². The van der Waals surface area contributed by atoms with Gasteiger partial charge in [0.25, 0.3) is 0 Å². The molecule has 10 nitrogen and oxygen atoms in total. The first-order chi connectivity index (χ1) is 17.7. The Balaban J connectivity index is 1.60. The molecule has 1 fully saturated rings. The minimum Gasteiger partial charge on any atom is -0.382 e. The zero-order chi connectivity index (χ0) is 25.7. The number of carbonyl (C=O) groups excluding carboxylic acids is 1. The number of methoxy groups -OCH3 is 1. The van der Waals surface area contributed by atoms with Crippen molar-refractivity contribution in [3.8, 4) is 0 Å². The quantitative estimate of drug-likeness (QED) is 0.126. The van der Waals surface area contributed by atoms with Gasteiger partial charge in [-0.15, -0.1) is 0 Å². The number of carbonyl (C=O) groups is 1. The number of hydroxylamine groups is 2. The van der Waals surface area contributed by atoms with E-state index in [1.165, 1.54) is 11.5 Å². The third-order valence-corrected chi connectivity index (χ3v) is 5.88. The van der Waals surface area contributed by atoms with Crippen LogP contribution in [-0.2, 0) is 23.8 Å². The fourth-order valence-corrected chi connectivity index (χ4v) is 3.89. The molecule has 204 valence electrons. The monoisotopic (exact) mass is 507 g/mol. The lowest BCUT2D eigenvalue weighted by atomic mass is 9.98. The summed E-state index contributed by atoms with van der Waals surface area (Å²) in [6.45, 7) is 3.64. The fraction of sp³-hybridized carbons (Fsp3) is 0.731.